The highest BCUT2D eigenvalue weighted by molar-refractivity contribution is 5.99. The number of rotatable bonds is 6. The zero-order chi connectivity index (χ0) is 20.4. The maximum absolute atomic E-state index is 13.1. The summed E-state index contributed by atoms with van der Waals surface area (Å²) in [6.07, 6.45) is 1.62. The molecule has 2 heterocycles. The molecule has 2 aromatic rings. The summed E-state index contributed by atoms with van der Waals surface area (Å²) in [6, 6.07) is 1.26. The van der Waals surface area contributed by atoms with Crippen LogP contribution in [0.4, 0.5) is 17.6 Å². The number of oxime groups is 1. The molecule has 0 saturated carbocycles. The van der Waals surface area contributed by atoms with Crippen LogP contribution in [0.5, 0.6) is 0 Å². The molecule has 0 amide bonds. The largest absolute Gasteiger partial charge is 0.411 e. The van der Waals surface area contributed by atoms with E-state index in [1.54, 1.807) is 0 Å². The van der Waals surface area contributed by atoms with Gasteiger partial charge in [0, 0.05) is 26.4 Å². The van der Waals surface area contributed by atoms with E-state index >= 15 is 0 Å². The Morgan fingerprint density at radius 1 is 0.963 bits per heavy atom. The van der Waals surface area contributed by atoms with E-state index in [2.05, 4.69) is 24.6 Å². The number of aromatic nitrogens is 2. The molecule has 2 aromatic heterocycles. The van der Waals surface area contributed by atoms with Gasteiger partial charge in [-0.1, -0.05) is 5.16 Å². The fourth-order valence-corrected chi connectivity index (χ4v) is 1.73. The van der Waals surface area contributed by atoms with Crippen LogP contribution in [0, 0.1) is 23.3 Å². The lowest BCUT2D eigenvalue weighted by Crippen LogP contribution is -2.13. The number of methoxy groups -OCH3 is 2. The Labute approximate surface area is 151 Å². The quantitative estimate of drug-likeness (QED) is 0.268. The molecule has 0 fully saturated rings. The van der Waals surface area contributed by atoms with Crippen LogP contribution in [0.2, 0.25) is 0 Å². The zero-order valence-corrected chi connectivity index (χ0v) is 14.2. The number of Topliss-reactive ketones (excluding diaryl/α,β-unsaturated/α-hetero) is 1. The Balaban J connectivity index is 0.000000271. The van der Waals surface area contributed by atoms with E-state index in [0.717, 1.165) is 12.4 Å². The van der Waals surface area contributed by atoms with E-state index in [4.69, 9.17) is 5.21 Å². The van der Waals surface area contributed by atoms with Crippen molar-refractivity contribution in [2.45, 2.75) is 0 Å². The van der Waals surface area contributed by atoms with Crippen molar-refractivity contribution in [3.05, 3.63) is 59.2 Å². The van der Waals surface area contributed by atoms with Gasteiger partial charge in [0.1, 0.15) is 35.3 Å². The van der Waals surface area contributed by atoms with Crippen molar-refractivity contribution in [1.82, 2.24) is 9.97 Å². The van der Waals surface area contributed by atoms with Crippen LogP contribution in [-0.2, 0) is 9.47 Å². The second-order valence-electron chi connectivity index (χ2n) is 4.80. The molecular weight excluding hydrogens is 374 g/mol. The number of pyridine rings is 2. The van der Waals surface area contributed by atoms with Crippen molar-refractivity contribution in [3.8, 4) is 0 Å². The van der Waals surface area contributed by atoms with Crippen LogP contribution < -0.4 is 0 Å². The first-order chi connectivity index (χ1) is 12.8. The fourth-order valence-electron chi connectivity index (χ4n) is 1.73. The third kappa shape index (κ3) is 6.72. The number of carbonyl (C=O) groups is 1. The first-order valence-electron chi connectivity index (χ1n) is 7.18. The summed E-state index contributed by atoms with van der Waals surface area (Å²) in [6.45, 7) is -0.373. The Kier molecular flexibility index (Phi) is 8.96. The van der Waals surface area contributed by atoms with Gasteiger partial charge < -0.3 is 14.7 Å². The van der Waals surface area contributed by atoms with Crippen molar-refractivity contribution >= 4 is 11.5 Å². The van der Waals surface area contributed by atoms with Crippen molar-refractivity contribution < 1.29 is 37.0 Å². The van der Waals surface area contributed by atoms with Crippen LogP contribution >= 0.6 is 0 Å². The Morgan fingerprint density at radius 2 is 1.44 bits per heavy atom. The monoisotopic (exact) mass is 389 g/mol. The molecule has 0 aliphatic carbocycles. The molecule has 0 radical (unpaired) electrons. The van der Waals surface area contributed by atoms with Gasteiger partial charge in [0.05, 0.1) is 19.0 Å². The number of ketones is 1. The van der Waals surface area contributed by atoms with Crippen LogP contribution in [0.25, 0.3) is 0 Å². The highest BCUT2D eigenvalue weighted by atomic mass is 19.1. The van der Waals surface area contributed by atoms with E-state index in [0.29, 0.717) is 12.1 Å². The van der Waals surface area contributed by atoms with Gasteiger partial charge in [-0.2, -0.15) is 0 Å². The van der Waals surface area contributed by atoms with Gasteiger partial charge in [-0.05, 0) is 0 Å². The summed E-state index contributed by atoms with van der Waals surface area (Å²) < 4.78 is 59.9. The van der Waals surface area contributed by atoms with Crippen molar-refractivity contribution in [2.24, 2.45) is 5.16 Å². The minimum atomic E-state index is -0.970. The number of nitrogens with zero attached hydrogens (tertiary/aromatic N) is 3. The number of carbonyl (C=O) groups excluding carboxylic acids is 1. The topological polar surface area (TPSA) is 93.9 Å². The Hall–Kier alpha value is -2.92. The summed E-state index contributed by atoms with van der Waals surface area (Å²) in [5.74, 6) is -4.08. The van der Waals surface area contributed by atoms with E-state index in [-0.39, 0.29) is 24.6 Å². The predicted molar refractivity (Wildman–Crippen MR) is 84.7 cm³/mol. The average Bonchev–Trinajstić information content (AvgIpc) is 2.61. The molecule has 11 heteroatoms. The molecule has 7 nitrogen and oxygen atoms in total. The van der Waals surface area contributed by atoms with Crippen LogP contribution in [0.3, 0.4) is 0 Å². The maximum atomic E-state index is 13.1. The lowest BCUT2D eigenvalue weighted by atomic mass is 10.2. The Morgan fingerprint density at radius 3 is 1.85 bits per heavy atom. The number of hydrogen-bond acceptors (Lipinski definition) is 7. The SMILES string of the molecule is COC/C(=N\O)c1ncc(F)cc1F.COCC(=O)c1ncc(F)cc1F. The second-order valence-corrected chi connectivity index (χ2v) is 4.80. The summed E-state index contributed by atoms with van der Waals surface area (Å²) in [4.78, 5) is 17.8. The van der Waals surface area contributed by atoms with Crippen molar-refractivity contribution in [3.63, 3.8) is 0 Å². The molecule has 1 N–H and O–H groups in total. The molecule has 0 unspecified atom stereocenters. The minimum Gasteiger partial charge on any atom is -0.411 e. The molecule has 27 heavy (non-hydrogen) atoms. The third-order valence-electron chi connectivity index (χ3n) is 2.83. The summed E-state index contributed by atoms with van der Waals surface area (Å²) in [5.41, 5.74) is -0.719. The molecular formula is C16H15F4N3O4. The average molecular weight is 389 g/mol. The van der Waals surface area contributed by atoms with E-state index in [9.17, 15) is 22.4 Å². The maximum Gasteiger partial charge on any atom is 0.209 e. The number of hydrogen-bond donors (Lipinski definition) is 1. The summed E-state index contributed by atoms with van der Waals surface area (Å²) in [5, 5.41) is 11.3. The van der Waals surface area contributed by atoms with Gasteiger partial charge in [0.2, 0.25) is 5.78 Å². The van der Waals surface area contributed by atoms with Crippen LogP contribution in [0.1, 0.15) is 16.2 Å². The molecule has 0 aliphatic heterocycles. The first-order valence-corrected chi connectivity index (χ1v) is 7.18. The standard InChI is InChI=1S/C8H8F2N2O2.C8H7F2NO2/c1-14-4-7(12-13)8-6(10)2-5(9)3-11-8;1-13-4-7(12)8-6(10)2-5(9)3-11-8/h2-3,13H,4H2,1H3;2-3H,4H2,1H3/b12-7+;. The second kappa shape index (κ2) is 10.9. The van der Waals surface area contributed by atoms with E-state index < -0.39 is 34.7 Å². The number of ether oxygens (including phenoxy) is 2. The number of halogens is 4. The van der Waals surface area contributed by atoms with Gasteiger partial charge in [0.15, 0.2) is 11.6 Å². The van der Waals surface area contributed by atoms with Crippen LogP contribution in [-0.4, -0.2) is 54.1 Å². The fraction of sp³-hybridized carbons (Fsp3) is 0.250. The highest BCUT2D eigenvalue weighted by Crippen LogP contribution is 2.08. The molecule has 2 rings (SSSR count). The molecule has 146 valence electrons. The minimum absolute atomic E-state index is 0.0926. The van der Waals surface area contributed by atoms with Gasteiger partial charge in [-0.25, -0.2) is 27.5 Å². The molecule has 0 aliphatic rings. The lowest BCUT2D eigenvalue weighted by Gasteiger charge is -2.03. The smallest absolute Gasteiger partial charge is 0.209 e. The summed E-state index contributed by atoms with van der Waals surface area (Å²) >= 11 is 0. The van der Waals surface area contributed by atoms with E-state index in [1.165, 1.54) is 14.2 Å². The van der Waals surface area contributed by atoms with Gasteiger partial charge in [-0.3, -0.25) is 4.79 Å². The summed E-state index contributed by atoms with van der Waals surface area (Å²) in [7, 11) is 2.66. The molecule has 0 saturated heterocycles. The molecule has 0 atom stereocenters. The normalized spacial score (nSPS) is 11.0. The van der Waals surface area contributed by atoms with Crippen molar-refractivity contribution in [2.75, 3.05) is 27.4 Å². The third-order valence-corrected chi connectivity index (χ3v) is 2.83. The van der Waals surface area contributed by atoms with Crippen molar-refractivity contribution in [1.29, 1.82) is 0 Å². The highest BCUT2D eigenvalue weighted by Gasteiger charge is 2.14. The Bertz CT molecular complexity index is 818. The lowest BCUT2D eigenvalue weighted by molar-refractivity contribution is 0.0838. The zero-order valence-electron chi connectivity index (χ0n) is 14.2. The molecule has 0 spiro atoms. The van der Waals surface area contributed by atoms with Gasteiger partial charge >= 0.3 is 0 Å². The van der Waals surface area contributed by atoms with Crippen LogP contribution in [0.15, 0.2) is 29.7 Å². The predicted octanol–water partition coefficient (Wildman–Crippen LogP) is 2.37. The molecule has 0 aromatic carbocycles. The van der Waals surface area contributed by atoms with Gasteiger partial charge in [0.25, 0.3) is 0 Å². The first kappa shape index (κ1) is 22.1. The van der Waals surface area contributed by atoms with Gasteiger partial charge in [-0.15, -0.1) is 0 Å². The van der Waals surface area contributed by atoms with E-state index in [1.807, 2.05) is 0 Å². The molecule has 0 bridgehead atoms.